The van der Waals surface area contributed by atoms with E-state index < -0.39 is 6.10 Å². The van der Waals surface area contributed by atoms with E-state index in [1.165, 1.54) is 0 Å². The van der Waals surface area contributed by atoms with Crippen molar-refractivity contribution in [2.75, 3.05) is 7.11 Å². The molecule has 1 aromatic heterocycles. The Hall–Kier alpha value is -1.19. The van der Waals surface area contributed by atoms with Crippen molar-refractivity contribution in [3.05, 3.63) is 28.9 Å². The number of aryl methyl sites for hydroxylation is 1. The second kappa shape index (κ2) is 5.85. The number of rotatable bonds is 5. The third-order valence-electron chi connectivity index (χ3n) is 3.40. The first kappa shape index (κ1) is 14.2. The number of aliphatic hydroxyl groups is 1. The van der Waals surface area contributed by atoms with Gasteiger partial charge in [-0.05, 0) is 31.5 Å². The van der Waals surface area contributed by atoms with E-state index in [4.69, 9.17) is 16.3 Å². The van der Waals surface area contributed by atoms with Crippen LogP contribution in [-0.2, 0) is 6.54 Å². The first-order valence-corrected chi connectivity index (χ1v) is 7.01. The lowest BCUT2D eigenvalue weighted by atomic mass is 10.1. The first-order chi connectivity index (χ1) is 9.10. The Morgan fingerprint density at radius 2 is 2.16 bits per heavy atom. The molecule has 1 heterocycles. The molecule has 1 unspecified atom stereocenters. The quantitative estimate of drug-likeness (QED) is 0.893. The number of aliphatic hydroxyl groups excluding tert-OH is 1. The van der Waals surface area contributed by atoms with E-state index in [0.29, 0.717) is 5.15 Å². The number of benzene rings is 1. The van der Waals surface area contributed by atoms with Crippen LogP contribution in [-0.4, -0.2) is 16.8 Å². The Bertz CT molecular complexity index is 575. The molecule has 0 saturated heterocycles. The molecular weight excluding hydrogens is 262 g/mol. The zero-order chi connectivity index (χ0) is 14.0. The lowest BCUT2D eigenvalue weighted by Crippen LogP contribution is -1.98. The molecule has 2 rings (SSSR count). The van der Waals surface area contributed by atoms with Gasteiger partial charge in [0.1, 0.15) is 10.9 Å². The molecule has 0 amide bonds. The molecule has 2 aromatic rings. The SMILES string of the molecule is CCCCn1c(Cl)c(C(C)O)c2cc(OC)ccc21. The zero-order valence-corrected chi connectivity index (χ0v) is 12.4. The fourth-order valence-corrected chi connectivity index (χ4v) is 2.82. The van der Waals surface area contributed by atoms with E-state index in [2.05, 4.69) is 11.5 Å². The summed E-state index contributed by atoms with van der Waals surface area (Å²) < 4.78 is 7.32. The molecule has 1 atom stereocenters. The van der Waals surface area contributed by atoms with Crippen molar-refractivity contribution in [1.29, 1.82) is 0 Å². The maximum atomic E-state index is 9.97. The molecule has 0 radical (unpaired) electrons. The average Bonchev–Trinajstić information content (AvgIpc) is 2.67. The van der Waals surface area contributed by atoms with Crippen LogP contribution in [0.25, 0.3) is 10.9 Å². The Morgan fingerprint density at radius 1 is 1.42 bits per heavy atom. The highest BCUT2D eigenvalue weighted by molar-refractivity contribution is 6.32. The number of fused-ring (bicyclic) bond motifs is 1. The van der Waals surface area contributed by atoms with E-state index in [1.807, 2.05) is 18.2 Å². The number of aromatic nitrogens is 1. The van der Waals surface area contributed by atoms with Gasteiger partial charge in [0, 0.05) is 23.0 Å². The van der Waals surface area contributed by atoms with Gasteiger partial charge in [0.15, 0.2) is 0 Å². The standard InChI is InChI=1S/C15H20ClNO2/c1-4-5-8-17-13-7-6-11(19-3)9-12(13)14(10(2)18)15(17)16/h6-7,9-10,18H,4-5,8H2,1-3H3. The molecule has 19 heavy (non-hydrogen) atoms. The van der Waals surface area contributed by atoms with Gasteiger partial charge >= 0.3 is 0 Å². The van der Waals surface area contributed by atoms with Crippen LogP contribution in [0.2, 0.25) is 5.15 Å². The summed E-state index contributed by atoms with van der Waals surface area (Å²) in [6.45, 7) is 4.76. The highest BCUT2D eigenvalue weighted by Gasteiger charge is 2.19. The highest BCUT2D eigenvalue weighted by Crippen LogP contribution is 2.36. The van der Waals surface area contributed by atoms with Gasteiger partial charge in [0.2, 0.25) is 0 Å². The van der Waals surface area contributed by atoms with Gasteiger partial charge in [0.05, 0.1) is 13.2 Å². The van der Waals surface area contributed by atoms with Crippen LogP contribution in [0.3, 0.4) is 0 Å². The Kier molecular flexibility index (Phi) is 4.38. The smallest absolute Gasteiger partial charge is 0.119 e. The normalized spacial score (nSPS) is 12.9. The summed E-state index contributed by atoms with van der Waals surface area (Å²) in [5.41, 5.74) is 1.84. The summed E-state index contributed by atoms with van der Waals surface area (Å²) >= 11 is 6.44. The molecule has 1 N–H and O–H groups in total. The van der Waals surface area contributed by atoms with E-state index in [9.17, 15) is 5.11 Å². The van der Waals surface area contributed by atoms with Gasteiger partial charge in [-0.25, -0.2) is 0 Å². The van der Waals surface area contributed by atoms with Gasteiger partial charge in [0.25, 0.3) is 0 Å². The largest absolute Gasteiger partial charge is 0.497 e. The Labute approximate surface area is 118 Å². The number of ether oxygens (including phenoxy) is 1. The number of nitrogens with zero attached hydrogens (tertiary/aromatic N) is 1. The molecule has 0 spiro atoms. The fourth-order valence-electron chi connectivity index (χ4n) is 2.39. The van der Waals surface area contributed by atoms with Crippen molar-refractivity contribution in [2.45, 2.75) is 39.3 Å². The summed E-state index contributed by atoms with van der Waals surface area (Å²) in [5.74, 6) is 0.777. The molecule has 0 aliphatic carbocycles. The van der Waals surface area contributed by atoms with E-state index in [1.54, 1.807) is 14.0 Å². The van der Waals surface area contributed by atoms with E-state index in [-0.39, 0.29) is 0 Å². The number of hydrogen-bond acceptors (Lipinski definition) is 2. The Morgan fingerprint density at radius 3 is 2.74 bits per heavy atom. The van der Waals surface area contributed by atoms with Crippen LogP contribution in [0, 0.1) is 0 Å². The highest BCUT2D eigenvalue weighted by atomic mass is 35.5. The summed E-state index contributed by atoms with van der Waals surface area (Å²) in [6, 6.07) is 5.86. The third-order valence-corrected chi connectivity index (χ3v) is 3.80. The van der Waals surface area contributed by atoms with Crippen molar-refractivity contribution in [3.63, 3.8) is 0 Å². The number of halogens is 1. The Balaban J connectivity index is 2.65. The van der Waals surface area contributed by atoms with Crippen molar-refractivity contribution in [1.82, 2.24) is 4.57 Å². The van der Waals surface area contributed by atoms with Gasteiger partial charge in [-0.1, -0.05) is 24.9 Å². The third kappa shape index (κ3) is 2.58. The average molecular weight is 282 g/mol. The van der Waals surface area contributed by atoms with Gasteiger partial charge in [-0.3, -0.25) is 0 Å². The zero-order valence-electron chi connectivity index (χ0n) is 11.6. The van der Waals surface area contributed by atoms with Crippen LogP contribution in [0.5, 0.6) is 5.75 Å². The van der Waals surface area contributed by atoms with Crippen LogP contribution in [0.4, 0.5) is 0 Å². The second-order valence-corrected chi connectivity index (χ2v) is 5.13. The van der Waals surface area contributed by atoms with E-state index >= 15 is 0 Å². The van der Waals surface area contributed by atoms with Crippen molar-refractivity contribution >= 4 is 22.5 Å². The number of hydrogen-bond donors (Lipinski definition) is 1. The molecule has 3 nitrogen and oxygen atoms in total. The van der Waals surface area contributed by atoms with Crippen molar-refractivity contribution < 1.29 is 9.84 Å². The van der Waals surface area contributed by atoms with E-state index in [0.717, 1.165) is 41.6 Å². The van der Waals surface area contributed by atoms with Crippen LogP contribution in [0.15, 0.2) is 18.2 Å². The van der Waals surface area contributed by atoms with Crippen LogP contribution in [0.1, 0.15) is 38.4 Å². The first-order valence-electron chi connectivity index (χ1n) is 6.63. The topological polar surface area (TPSA) is 34.4 Å². The van der Waals surface area contributed by atoms with Gasteiger partial charge < -0.3 is 14.4 Å². The lowest BCUT2D eigenvalue weighted by molar-refractivity contribution is 0.200. The maximum absolute atomic E-state index is 9.97. The van der Waals surface area contributed by atoms with Gasteiger partial charge in [-0.2, -0.15) is 0 Å². The molecule has 0 fully saturated rings. The predicted molar refractivity (Wildman–Crippen MR) is 79.0 cm³/mol. The van der Waals surface area contributed by atoms with Crippen molar-refractivity contribution in [3.8, 4) is 5.75 Å². The summed E-state index contributed by atoms with van der Waals surface area (Å²) in [4.78, 5) is 0. The minimum atomic E-state index is -0.593. The maximum Gasteiger partial charge on any atom is 0.119 e. The predicted octanol–water partition coefficient (Wildman–Crippen LogP) is 4.16. The second-order valence-electron chi connectivity index (χ2n) is 4.77. The fraction of sp³-hybridized carbons (Fsp3) is 0.467. The summed E-state index contributed by atoms with van der Waals surface area (Å²) in [5, 5.41) is 11.6. The lowest BCUT2D eigenvalue weighted by Gasteiger charge is -2.07. The minimum absolute atomic E-state index is 0.593. The molecule has 0 aliphatic rings. The van der Waals surface area contributed by atoms with Crippen LogP contribution < -0.4 is 4.74 Å². The molecule has 104 valence electrons. The summed E-state index contributed by atoms with van der Waals surface area (Å²) in [6.07, 6.45) is 1.58. The number of unbranched alkanes of at least 4 members (excludes halogenated alkanes) is 1. The molecule has 4 heteroatoms. The minimum Gasteiger partial charge on any atom is -0.497 e. The molecule has 1 aromatic carbocycles. The molecule has 0 bridgehead atoms. The van der Waals surface area contributed by atoms with Gasteiger partial charge in [-0.15, -0.1) is 0 Å². The number of methoxy groups -OCH3 is 1. The summed E-state index contributed by atoms with van der Waals surface area (Å²) in [7, 11) is 1.64. The molecular formula is C15H20ClNO2. The molecule has 0 aliphatic heterocycles. The van der Waals surface area contributed by atoms with Crippen LogP contribution >= 0.6 is 11.6 Å². The monoisotopic (exact) mass is 281 g/mol. The molecule has 0 saturated carbocycles. The van der Waals surface area contributed by atoms with Crippen molar-refractivity contribution in [2.24, 2.45) is 0 Å².